The van der Waals surface area contributed by atoms with Gasteiger partial charge in [-0.2, -0.15) is 0 Å². The van der Waals surface area contributed by atoms with Crippen LogP contribution in [0.1, 0.15) is 258 Å². The number of carbonyl (C=O) groups excluding carboxylic acids is 3. The number of esters is 3. The van der Waals surface area contributed by atoms with Crippen molar-refractivity contribution >= 4 is 17.9 Å². The van der Waals surface area contributed by atoms with E-state index in [9.17, 15) is 14.4 Å². The van der Waals surface area contributed by atoms with E-state index in [-0.39, 0.29) is 37.5 Å². The molecule has 64 heavy (non-hydrogen) atoms. The summed E-state index contributed by atoms with van der Waals surface area (Å²) >= 11 is 0. The predicted molar refractivity (Wildman–Crippen MR) is 274 cm³/mol. The number of ether oxygens (including phenoxy) is 3. The first kappa shape index (κ1) is 60.9. The molecule has 0 radical (unpaired) electrons. The van der Waals surface area contributed by atoms with E-state index in [1.807, 2.05) is 54.7 Å². The molecule has 0 saturated carbocycles. The molecule has 368 valence electrons. The maximum atomic E-state index is 12.8. The van der Waals surface area contributed by atoms with Crippen molar-refractivity contribution < 1.29 is 28.6 Å². The molecule has 1 atom stereocenters. The minimum atomic E-state index is -0.804. The van der Waals surface area contributed by atoms with Gasteiger partial charge >= 0.3 is 17.9 Å². The van der Waals surface area contributed by atoms with Gasteiger partial charge in [0.1, 0.15) is 13.2 Å². The third-order valence-corrected chi connectivity index (χ3v) is 11.6. The molecule has 6 nitrogen and oxygen atoms in total. The molecule has 1 unspecified atom stereocenters. The molecule has 0 aromatic carbocycles. The number of unbranched alkanes of at least 4 members (excludes halogenated alkanes) is 29. The standard InChI is InChI=1S/C58H100O6/c1-4-7-10-13-16-19-22-25-27-28-29-31-33-36-39-42-45-48-51-57(60)63-54-55(53-62-56(59)50-47-44-41-38-35-32-24-21-18-15-12-9-6-3)64-58(61)52-49-46-43-40-37-34-30-26-23-20-17-14-11-8-5-2/h9,12,15,18,20-21,23-24,32,35,38,41,55H,4-8,10-11,13-14,16-17,19,22,25-31,33-34,36-37,39-40,42-54H2,1-3H3/b12-9+,18-15+,23-20+,24-21+,35-32+,41-38+. The Kier molecular flexibility index (Phi) is 49.9. The normalized spacial score (nSPS) is 12.6. The predicted octanol–water partition coefficient (Wildman–Crippen LogP) is 17.8. The van der Waals surface area contributed by atoms with E-state index < -0.39 is 6.10 Å². The van der Waals surface area contributed by atoms with Gasteiger partial charge in [-0.3, -0.25) is 14.4 Å². The molecule has 0 bridgehead atoms. The summed E-state index contributed by atoms with van der Waals surface area (Å²) in [6.45, 7) is 6.43. The Hall–Kier alpha value is -3.15. The maximum Gasteiger partial charge on any atom is 0.306 e. The second-order valence-electron chi connectivity index (χ2n) is 17.9. The Balaban J connectivity index is 4.42. The van der Waals surface area contributed by atoms with Gasteiger partial charge in [-0.05, 0) is 57.8 Å². The molecular formula is C58H100O6. The highest BCUT2D eigenvalue weighted by molar-refractivity contribution is 5.71. The highest BCUT2D eigenvalue weighted by Crippen LogP contribution is 2.16. The van der Waals surface area contributed by atoms with Crippen LogP contribution in [-0.4, -0.2) is 37.2 Å². The van der Waals surface area contributed by atoms with Crippen molar-refractivity contribution in [3.63, 3.8) is 0 Å². The fourth-order valence-corrected chi connectivity index (χ4v) is 7.53. The molecule has 0 aliphatic carbocycles. The van der Waals surface area contributed by atoms with Gasteiger partial charge in [0.05, 0.1) is 0 Å². The Morgan fingerprint density at radius 1 is 0.328 bits per heavy atom. The zero-order valence-corrected chi connectivity index (χ0v) is 42.0. The number of hydrogen-bond acceptors (Lipinski definition) is 6. The summed E-state index contributed by atoms with van der Waals surface area (Å²) in [4.78, 5) is 38.0. The fourth-order valence-electron chi connectivity index (χ4n) is 7.53. The van der Waals surface area contributed by atoms with Crippen LogP contribution in [0.5, 0.6) is 0 Å². The Morgan fingerprint density at radius 2 is 0.641 bits per heavy atom. The molecule has 0 aliphatic rings. The molecule has 0 heterocycles. The first-order valence-corrected chi connectivity index (χ1v) is 27.0. The quantitative estimate of drug-likeness (QED) is 0.0199. The molecule has 0 N–H and O–H groups in total. The van der Waals surface area contributed by atoms with Crippen molar-refractivity contribution in [1.29, 1.82) is 0 Å². The molecule has 0 fully saturated rings. The van der Waals surface area contributed by atoms with E-state index >= 15 is 0 Å². The van der Waals surface area contributed by atoms with Crippen molar-refractivity contribution in [3.8, 4) is 0 Å². The molecule has 0 saturated heterocycles. The van der Waals surface area contributed by atoms with Crippen LogP contribution in [0, 0.1) is 0 Å². The number of hydrogen-bond donors (Lipinski definition) is 0. The lowest BCUT2D eigenvalue weighted by Gasteiger charge is -2.18. The van der Waals surface area contributed by atoms with Crippen LogP contribution >= 0.6 is 0 Å². The van der Waals surface area contributed by atoms with Crippen molar-refractivity contribution in [2.75, 3.05) is 13.2 Å². The number of rotatable bonds is 48. The van der Waals surface area contributed by atoms with Crippen LogP contribution in [0.25, 0.3) is 0 Å². The van der Waals surface area contributed by atoms with E-state index in [0.717, 1.165) is 51.4 Å². The van der Waals surface area contributed by atoms with Gasteiger partial charge in [-0.15, -0.1) is 0 Å². The second-order valence-corrected chi connectivity index (χ2v) is 17.9. The van der Waals surface area contributed by atoms with Crippen molar-refractivity contribution in [2.24, 2.45) is 0 Å². The van der Waals surface area contributed by atoms with E-state index in [2.05, 4.69) is 39.0 Å². The van der Waals surface area contributed by atoms with Gasteiger partial charge in [-0.1, -0.05) is 254 Å². The molecule has 0 aromatic rings. The average molecular weight is 893 g/mol. The second kappa shape index (κ2) is 52.5. The van der Waals surface area contributed by atoms with Crippen LogP contribution in [0.3, 0.4) is 0 Å². The highest BCUT2D eigenvalue weighted by Gasteiger charge is 2.19. The van der Waals surface area contributed by atoms with Gasteiger partial charge < -0.3 is 14.2 Å². The van der Waals surface area contributed by atoms with Gasteiger partial charge in [0, 0.05) is 19.3 Å². The van der Waals surface area contributed by atoms with Gasteiger partial charge in [0.2, 0.25) is 0 Å². The van der Waals surface area contributed by atoms with Gasteiger partial charge in [0.25, 0.3) is 0 Å². The Bertz CT molecular complexity index is 1210. The first-order valence-electron chi connectivity index (χ1n) is 27.0. The number of carbonyl (C=O) groups is 3. The molecule has 0 aliphatic heterocycles. The molecule has 0 aromatic heterocycles. The minimum Gasteiger partial charge on any atom is -0.462 e. The van der Waals surface area contributed by atoms with Crippen LogP contribution in [0.4, 0.5) is 0 Å². The lowest BCUT2D eigenvalue weighted by atomic mass is 10.0. The van der Waals surface area contributed by atoms with E-state index in [1.165, 1.54) is 161 Å². The summed E-state index contributed by atoms with van der Waals surface area (Å²) in [6.07, 6.45) is 66.1. The Morgan fingerprint density at radius 3 is 1.06 bits per heavy atom. The zero-order chi connectivity index (χ0) is 46.5. The van der Waals surface area contributed by atoms with Crippen LogP contribution in [0.2, 0.25) is 0 Å². The topological polar surface area (TPSA) is 78.9 Å². The zero-order valence-electron chi connectivity index (χ0n) is 42.0. The van der Waals surface area contributed by atoms with Gasteiger partial charge in [0.15, 0.2) is 6.10 Å². The summed E-state index contributed by atoms with van der Waals surface area (Å²) in [6, 6.07) is 0. The SMILES string of the molecule is CC/C=C/C=C/C=C/C=C/C=C/CCCC(=O)OCC(COC(=O)CCCCCCCCCCCCCCCCCCCC)OC(=O)CCCCCCCCC/C=C/CCCCCC. The minimum absolute atomic E-state index is 0.0975. The van der Waals surface area contributed by atoms with Crippen LogP contribution in [-0.2, 0) is 28.6 Å². The summed E-state index contributed by atoms with van der Waals surface area (Å²) in [5.41, 5.74) is 0. The largest absolute Gasteiger partial charge is 0.462 e. The van der Waals surface area contributed by atoms with Crippen molar-refractivity contribution in [3.05, 3.63) is 72.9 Å². The Labute approximate surface area is 395 Å². The molecule has 0 spiro atoms. The smallest absolute Gasteiger partial charge is 0.306 e. The third-order valence-electron chi connectivity index (χ3n) is 11.6. The maximum absolute atomic E-state index is 12.8. The van der Waals surface area contributed by atoms with Crippen LogP contribution in [0.15, 0.2) is 72.9 Å². The highest BCUT2D eigenvalue weighted by atomic mass is 16.6. The fraction of sp³-hybridized carbons (Fsp3) is 0.741. The molecular weight excluding hydrogens is 793 g/mol. The van der Waals surface area contributed by atoms with E-state index in [1.54, 1.807) is 0 Å². The third kappa shape index (κ3) is 49.9. The monoisotopic (exact) mass is 893 g/mol. The van der Waals surface area contributed by atoms with Gasteiger partial charge in [-0.25, -0.2) is 0 Å². The summed E-state index contributed by atoms with van der Waals surface area (Å²) in [5, 5.41) is 0. The summed E-state index contributed by atoms with van der Waals surface area (Å²) in [7, 11) is 0. The average Bonchev–Trinajstić information content (AvgIpc) is 3.29. The molecule has 0 rings (SSSR count). The van der Waals surface area contributed by atoms with Crippen molar-refractivity contribution in [1.82, 2.24) is 0 Å². The molecule has 6 heteroatoms. The number of allylic oxidation sites excluding steroid dienone is 12. The summed E-state index contributed by atoms with van der Waals surface area (Å²) in [5.74, 6) is -0.973. The lowest BCUT2D eigenvalue weighted by molar-refractivity contribution is -0.167. The van der Waals surface area contributed by atoms with E-state index in [4.69, 9.17) is 14.2 Å². The first-order chi connectivity index (χ1) is 31.5. The van der Waals surface area contributed by atoms with E-state index in [0.29, 0.717) is 19.3 Å². The molecule has 0 amide bonds. The van der Waals surface area contributed by atoms with Crippen LogP contribution < -0.4 is 0 Å². The summed E-state index contributed by atoms with van der Waals surface area (Å²) < 4.78 is 16.8. The van der Waals surface area contributed by atoms with Crippen molar-refractivity contribution in [2.45, 2.75) is 264 Å². The lowest BCUT2D eigenvalue weighted by Crippen LogP contribution is -2.30.